The minimum absolute atomic E-state index is 0.0748. The van der Waals surface area contributed by atoms with Crippen molar-refractivity contribution in [1.82, 2.24) is 9.97 Å². The summed E-state index contributed by atoms with van der Waals surface area (Å²) < 4.78 is 12.6. The molecule has 1 aromatic rings. The summed E-state index contributed by atoms with van der Waals surface area (Å²) in [6, 6.07) is 0. The van der Waals surface area contributed by atoms with Gasteiger partial charge in [0.05, 0.1) is 6.20 Å². The minimum atomic E-state index is -0.433. The highest BCUT2D eigenvalue weighted by atomic mass is 35.5. The van der Waals surface area contributed by atoms with Gasteiger partial charge in [0.1, 0.15) is 5.03 Å². The van der Waals surface area contributed by atoms with E-state index in [4.69, 9.17) is 11.6 Å². The largest absolute Gasteiger partial charge is 0.223 e. The topological polar surface area (TPSA) is 25.8 Å². The Kier molecular flexibility index (Phi) is 2.45. The van der Waals surface area contributed by atoms with E-state index >= 15 is 0 Å². The van der Waals surface area contributed by atoms with Crippen molar-refractivity contribution < 1.29 is 4.39 Å². The molecular weight excluding hydrogens is 175 g/mol. The average Bonchev–Trinajstić information content (AvgIpc) is 1.94. The third-order valence-electron chi connectivity index (χ3n) is 0.876. The molecule has 0 fully saturated rings. The Morgan fingerprint density at radius 3 is 2.90 bits per heavy atom. The lowest BCUT2D eigenvalue weighted by Crippen LogP contribution is -1.88. The van der Waals surface area contributed by atoms with Crippen LogP contribution in [0.2, 0.25) is 5.28 Å². The smallest absolute Gasteiger partial charge is 0.223 e. The van der Waals surface area contributed by atoms with E-state index in [1.54, 1.807) is 6.26 Å². The molecule has 1 rings (SSSR count). The van der Waals surface area contributed by atoms with Crippen LogP contribution in [0.4, 0.5) is 4.39 Å². The SMILES string of the molecule is CSc1nc(Cl)ncc1F. The summed E-state index contributed by atoms with van der Waals surface area (Å²) in [6.45, 7) is 0. The third-order valence-corrected chi connectivity index (χ3v) is 1.73. The van der Waals surface area contributed by atoms with Gasteiger partial charge in [-0.2, -0.15) is 0 Å². The van der Waals surface area contributed by atoms with Crippen molar-refractivity contribution in [3.8, 4) is 0 Å². The van der Waals surface area contributed by atoms with Crippen molar-refractivity contribution in [3.05, 3.63) is 17.3 Å². The van der Waals surface area contributed by atoms with Gasteiger partial charge in [0, 0.05) is 0 Å². The van der Waals surface area contributed by atoms with E-state index in [-0.39, 0.29) is 10.3 Å². The number of halogens is 2. The van der Waals surface area contributed by atoms with Gasteiger partial charge in [-0.1, -0.05) is 0 Å². The summed E-state index contributed by atoms with van der Waals surface area (Å²) in [5.41, 5.74) is 0. The molecule has 1 heterocycles. The van der Waals surface area contributed by atoms with Crippen LogP contribution in [0.15, 0.2) is 11.2 Å². The van der Waals surface area contributed by atoms with Crippen LogP contribution >= 0.6 is 23.4 Å². The lowest BCUT2D eigenvalue weighted by molar-refractivity contribution is 0.579. The van der Waals surface area contributed by atoms with Gasteiger partial charge in [-0.3, -0.25) is 0 Å². The van der Waals surface area contributed by atoms with Gasteiger partial charge in [0.2, 0.25) is 5.28 Å². The van der Waals surface area contributed by atoms with Crippen molar-refractivity contribution in [1.29, 1.82) is 0 Å². The first-order chi connectivity index (χ1) is 4.74. The molecule has 1 aromatic heterocycles. The Balaban J connectivity index is 3.09. The van der Waals surface area contributed by atoms with Crippen molar-refractivity contribution in [3.63, 3.8) is 0 Å². The van der Waals surface area contributed by atoms with Crippen LogP contribution in [-0.4, -0.2) is 16.2 Å². The molecule has 0 radical (unpaired) electrons. The predicted octanol–water partition coefficient (Wildman–Crippen LogP) is 1.99. The van der Waals surface area contributed by atoms with Crippen LogP contribution < -0.4 is 0 Å². The first-order valence-electron chi connectivity index (χ1n) is 2.46. The molecule has 0 aliphatic heterocycles. The highest BCUT2D eigenvalue weighted by Crippen LogP contribution is 2.16. The number of thioether (sulfide) groups is 1. The molecule has 0 saturated heterocycles. The van der Waals surface area contributed by atoms with Crippen LogP contribution in [-0.2, 0) is 0 Å². The Labute approximate surface area is 66.8 Å². The van der Waals surface area contributed by atoms with Crippen LogP contribution in [0, 0.1) is 5.82 Å². The Hall–Kier alpha value is -0.350. The number of hydrogen-bond acceptors (Lipinski definition) is 3. The second-order valence-electron chi connectivity index (χ2n) is 1.50. The lowest BCUT2D eigenvalue weighted by atomic mass is 10.6. The van der Waals surface area contributed by atoms with E-state index < -0.39 is 5.82 Å². The highest BCUT2D eigenvalue weighted by Gasteiger charge is 2.02. The summed E-state index contributed by atoms with van der Waals surface area (Å²) in [4.78, 5) is 7.09. The van der Waals surface area contributed by atoms with Gasteiger partial charge in [-0.25, -0.2) is 14.4 Å². The Bertz CT molecular complexity index is 243. The standard InChI is InChI=1S/C5H4ClFN2S/c1-10-4-3(7)2-8-5(6)9-4/h2H,1H3. The highest BCUT2D eigenvalue weighted by molar-refractivity contribution is 7.98. The predicted molar refractivity (Wildman–Crippen MR) is 38.8 cm³/mol. The molecule has 0 aliphatic rings. The summed E-state index contributed by atoms with van der Waals surface area (Å²) in [6.07, 6.45) is 2.78. The number of nitrogens with zero attached hydrogens (tertiary/aromatic N) is 2. The molecule has 5 heteroatoms. The zero-order chi connectivity index (χ0) is 7.56. The molecule has 0 aromatic carbocycles. The quantitative estimate of drug-likeness (QED) is 0.374. The summed E-state index contributed by atoms with van der Waals surface area (Å²) >= 11 is 6.59. The lowest BCUT2D eigenvalue weighted by Gasteiger charge is -1.95. The van der Waals surface area contributed by atoms with Crippen LogP contribution in [0.1, 0.15) is 0 Å². The van der Waals surface area contributed by atoms with Gasteiger partial charge in [-0.05, 0) is 17.9 Å². The molecule has 0 unspecified atom stereocenters. The fourth-order valence-corrected chi connectivity index (χ4v) is 1.08. The molecule has 54 valence electrons. The molecule has 0 atom stereocenters. The normalized spacial score (nSPS) is 9.90. The Morgan fingerprint density at radius 2 is 2.40 bits per heavy atom. The van der Waals surface area contributed by atoms with Gasteiger partial charge in [0.15, 0.2) is 5.82 Å². The summed E-state index contributed by atoms with van der Waals surface area (Å²) in [5, 5.41) is 0.353. The minimum Gasteiger partial charge on any atom is -0.223 e. The van der Waals surface area contributed by atoms with Crippen LogP contribution in [0.25, 0.3) is 0 Å². The molecule has 0 N–H and O–H groups in total. The first kappa shape index (κ1) is 7.75. The molecular formula is C5H4ClFN2S. The van der Waals surface area contributed by atoms with Gasteiger partial charge in [-0.15, -0.1) is 11.8 Å². The third kappa shape index (κ3) is 1.58. The molecule has 2 nitrogen and oxygen atoms in total. The van der Waals surface area contributed by atoms with Crippen molar-refractivity contribution in [2.75, 3.05) is 6.26 Å². The molecule has 0 aliphatic carbocycles. The van der Waals surface area contributed by atoms with Crippen molar-refractivity contribution in [2.24, 2.45) is 0 Å². The van der Waals surface area contributed by atoms with E-state index in [0.29, 0.717) is 0 Å². The first-order valence-corrected chi connectivity index (χ1v) is 4.06. The fourth-order valence-electron chi connectivity index (χ4n) is 0.474. The maximum Gasteiger partial charge on any atom is 0.223 e. The Morgan fingerprint density at radius 1 is 1.70 bits per heavy atom. The van der Waals surface area contributed by atoms with Gasteiger partial charge < -0.3 is 0 Å². The maximum absolute atomic E-state index is 12.6. The second kappa shape index (κ2) is 3.16. The van der Waals surface area contributed by atoms with E-state index in [9.17, 15) is 4.39 Å². The van der Waals surface area contributed by atoms with E-state index in [1.807, 2.05) is 0 Å². The molecule has 0 amide bonds. The fraction of sp³-hybridized carbons (Fsp3) is 0.200. The van der Waals surface area contributed by atoms with Crippen LogP contribution in [0.3, 0.4) is 0 Å². The molecule has 10 heavy (non-hydrogen) atoms. The van der Waals surface area contributed by atoms with E-state index in [2.05, 4.69) is 9.97 Å². The zero-order valence-electron chi connectivity index (χ0n) is 5.14. The average molecular weight is 179 g/mol. The molecule has 0 bridgehead atoms. The number of aromatic nitrogens is 2. The second-order valence-corrected chi connectivity index (χ2v) is 2.63. The molecule has 0 saturated carbocycles. The monoisotopic (exact) mass is 178 g/mol. The van der Waals surface area contributed by atoms with Gasteiger partial charge >= 0.3 is 0 Å². The number of rotatable bonds is 1. The van der Waals surface area contributed by atoms with Crippen molar-refractivity contribution >= 4 is 23.4 Å². The summed E-state index contributed by atoms with van der Waals surface area (Å²) in [5.74, 6) is -0.433. The molecule has 0 spiro atoms. The van der Waals surface area contributed by atoms with E-state index in [0.717, 1.165) is 6.20 Å². The maximum atomic E-state index is 12.6. The number of hydrogen-bond donors (Lipinski definition) is 0. The van der Waals surface area contributed by atoms with Crippen molar-refractivity contribution in [2.45, 2.75) is 5.03 Å². The zero-order valence-corrected chi connectivity index (χ0v) is 6.71. The van der Waals surface area contributed by atoms with Gasteiger partial charge in [0.25, 0.3) is 0 Å². The van der Waals surface area contributed by atoms with E-state index in [1.165, 1.54) is 11.8 Å². The summed E-state index contributed by atoms with van der Waals surface area (Å²) in [7, 11) is 0. The van der Waals surface area contributed by atoms with Crippen LogP contribution in [0.5, 0.6) is 0 Å².